The monoisotopic (exact) mass is 537 g/mol. The second-order valence-electron chi connectivity index (χ2n) is 11.1. The van der Waals surface area contributed by atoms with E-state index < -0.39 is 0 Å². The largest absolute Gasteiger partial charge is 0.383 e. The molecule has 10 nitrogen and oxygen atoms in total. The van der Waals surface area contributed by atoms with Crippen LogP contribution in [0.2, 0.25) is 0 Å². The lowest BCUT2D eigenvalue weighted by molar-refractivity contribution is 0.00520. The van der Waals surface area contributed by atoms with Crippen molar-refractivity contribution >= 4 is 39.3 Å². The van der Waals surface area contributed by atoms with E-state index in [9.17, 15) is 0 Å². The first-order valence-corrected chi connectivity index (χ1v) is 14.2. The van der Waals surface area contributed by atoms with Crippen molar-refractivity contribution in [1.82, 2.24) is 34.8 Å². The van der Waals surface area contributed by atoms with E-state index in [1.165, 1.54) is 11.1 Å². The number of fused-ring (bicyclic) bond motifs is 2. The molecule has 0 radical (unpaired) electrons. The fourth-order valence-corrected chi connectivity index (χ4v) is 6.32. The summed E-state index contributed by atoms with van der Waals surface area (Å²) in [4.78, 5) is 11.6. The number of rotatable bonds is 5. The number of nitrogens with zero attached hydrogens (tertiary/aromatic N) is 6. The number of benzene rings is 2. The predicted molar refractivity (Wildman–Crippen MR) is 158 cm³/mol. The van der Waals surface area contributed by atoms with Crippen molar-refractivity contribution in [3.05, 3.63) is 53.9 Å². The molecular formula is C30H35N9O. The summed E-state index contributed by atoms with van der Waals surface area (Å²) in [6.45, 7) is 7.93. The molecule has 10 heteroatoms. The number of hydrogen-bond acceptors (Lipinski definition) is 8. The van der Waals surface area contributed by atoms with E-state index in [0.29, 0.717) is 11.9 Å². The smallest absolute Gasteiger partial charge is 0.164 e. The Hall–Kier alpha value is -4.02. The number of morpholine rings is 1. The third kappa shape index (κ3) is 4.47. The van der Waals surface area contributed by atoms with Gasteiger partial charge in [0.15, 0.2) is 11.5 Å². The van der Waals surface area contributed by atoms with Crippen LogP contribution in [0.3, 0.4) is 0 Å². The van der Waals surface area contributed by atoms with Gasteiger partial charge in [0, 0.05) is 35.8 Å². The Labute approximate surface area is 232 Å². The average molecular weight is 538 g/mol. The molecule has 1 saturated heterocycles. The van der Waals surface area contributed by atoms with E-state index in [4.69, 9.17) is 15.6 Å². The first kappa shape index (κ1) is 25.0. The van der Waals surface area contributed by atoms with Gasteiger partial charge in [-0.15, -0.1) is 0 Å². The summed E-state index contributed by atoms with van der Waals surface area (Å²) in [6, 6.07) is 13.5. The Balaban J connectivity index is 1.20. The van der Waals surface area contributed by atoms with Crippen molar-refractivity contribution in [1.29, 1.82) is 0 Å². The maximum atomic E-state index is 6.43. The zero-order chi connectivity index (χ0) is 27.2. The normalized spacial score (nSPS) is 20.4. The van der Waals surface area contributed by atoms with Gasteiger partial charge in [-0.1, -0.05) is 18.2 Å². The summed E-state index contributed by atoms with van der Waals surface area (Å²) in [5.41, 5.74) is 13.4. The van der Waals surface area contributed by atoms with Gasteiger partial charge in [0.05, 0.1) is 30.2 Å². The lowest BCUT2D eigenvalue weighted by Crippen LogP contribution is -2.45. The van der Waals surface area contributed by atoms with Crippen LogP contribution in [-0.2, 0) is 4.74 Å². The zero-order valence-electron chi connectivity index (χ0n) is 23.0. The minimum Gasteiger partial charge on any atom is -0.383 e. The Morgan fingerprint density at radius 1 is 0.975 bits per heavy atom. The maximum Gasteiger partial charge on any atom is 0.164 e. The van der Waals surface area contributed by atoms with Crippen LogP contribution in [0.1, 0.15) is 42.9 Å². The number of anilines is 3. The number of nitrogens with one attached hydrogen (secondary N) is 2. The number of aromatic nitrogens is 6. The van der Waals surface area contributed by atoms with Gasteiger partial charge in [-0.3, -0.25) is 10.00 Å². The van der Waals surface area contributed by atoms with E-state index in [2.05, 4.69) is 85.3 Å². The van der Waals surface area contributed by atoms with Crippen LogP contribution in [0.4, 0.5) is 17.3 Å². The molecule has 7 rings (SSSR count). The average Bonchev–Trinajstić information content (AvgIpc) is 3.58. The van der Waals surface area contributed by atoms with Crippen molar-refractivity contribution in [2.75, 3.05) is 37.4 Å². The Kier molecular flexibility index (Phi) is 6.36. The number of hydrogen-bond donors (Lipinski definition) is 3. The fourth-order valence-electron chi connectivity index (χ4n) is 6.32. The van der Waals surface area contributed by atoms with Gasteiger partial charge in [0.1, 0.15) is 17.8 Å². The first-order chi connectivity index (χ1) is 19.5. The number of nitrogen functional groups attached to an aromatic ring is 1. The SMILES string of the molecule is Cc1ccc(C)c(Nc2n[nH]c3cc(-c4nn([C@H]5CC[C@H](N6CCOCC6)CC5)c5ncnc(N)c45)ccc23)c1. The number of aryl methyl sites for hydroxylation is 2. The highest BCUT2D eigenvalue weighted by atomic mass is 16.5. The van der Waals surface area contributed by atoms with E-state index in [1.54, 1.807) is 6.33 Å². The molecule has 206 valence electrons. The summed E-state index contributed by atoms with van der Waals surface area (Å²) in [5, 5.41) is 18.2. The van der Waals surface area contributed by atoms with Gasteiger partial charge in [0.2, 0.25) is 0 Å². The molecule has 0 unspecified atom stereocenters. The molecule has 5 aromatic rings. The van der Waals surface area contributed by atoms with Crippen LogP contribution in [0, 0.1) is 13.8 Å². The molecule has 0 spiro atoms. The van der Waals surface area contributed by atoms with E-state index in [0.717, 1.165) is 96.7 Å². The fraction of sp³-hybridized carbons (Fsp3) is 0.400. The summed E-state index contributed by atoms with van der Waals surface area (Å²) in [7, 11) is 0. The lowest BCUT2D eigenvalue weighted by Gasteiger charge is -2.38. The predicted octanol–water partition coefficient (Wildman–Crippen LogP) is 5.13. The third-order valence-corrected chi connectivity index (χ3v) is 8.57. The molecule has 4 heterocycles. The first-order valence-electron chi connectivity index (χ1n) is 14.2. The summed E-state index contributed by atoms with van der Waals surface area (Å²) >= 11 is 0. The minimum absolute atomic E-state index is 0.284. The number of ether oxygens (including phenoxy) is 1. The van der Waals surface area contributed by atoms with E-state index in [1.807, 2.05) is 0 Å². The number of aromatic amines is 1. The molecule has 3 aromatic heterocycles. The second-order valence-corrected chi connectivity index (χ2v) is 11.1. The Bertz CT molecular complexity index is 1680. The third-order valence-electron chi connectivity index (χ3n) is 8.57. The van der Waals surface area contributed by atoms with E-state index in [-0.39, 0.29) is 6.04 Å². The topological polar surface area (TPSA) is 123 Å². The lowest BCUT2D eigenvalue weighted by atomic mass is 9.90. The summed E-state index contributed by atoms with van der Waals surface area (Å²) in [5.74, 6) is 1.25. The summed E-state index contributed by atoms with van der Waals surface area (Å²) in [6.07, 6.45) is 5.98. The molecule has 1 aliphatic carbocycles. The van der Waals surface area contributed by atoms with Gasteiger partial charge in [-0.05, 0) is 68.9 Å². The second kappa shape index (κ2) is 10.2. The van der Waals surface area contributed by atoms with Crippen LogP contribution in [0.25, 0.3) is 33.2 Å². The van der Waals surface area contributed by atoms with Crippen LogP contribution in [-0.4, -0.2) is 67.2 Å². The van der Waals surface area contributed by atoms with Crippen molar-refractivity contribution in [2.24, 2.45) is 0 Å². The number of H-pyrrole nitrogens is 1. The highest BCUT2D eigenvalue weighted by Gasteiger charge is 2.30. The summed E-state index contributed by atoms with van der Waals surface area (Å²) < 4.78 is 7.66. The van der Waals surface area contributed by atoms with Crippen LogP contribution < -0.4 is 11.1 Å². The van der Waals surface area contributed by atoms with Crippen molar-refractivity contribution in [3.63, 3.8) is 0 Å². The van der Waals surface area contributed by atoms with Crippen molar-refractivity contribution in [2.45, 2.75) is 51.6 Å². The van der Waals surface area contributed by atoms with Gasteiger partial charge < -0.3 is 15.8 Å². The highest BCUT2D eigenvalue weighted by Crippen LogP contribution is 2.38. The standard InChI is InChI=1S/C30H35N9O/c1-18-3-4-19(2)24(15-18)34-29-23-10-5-20(16-25(23)35-36-29)27-26-28(31)32-17-33-30(26)39(37-27)22-8-6-21(7-9-22)38-11-13-40-14-12-38/h3-5,10,15-17,21-22H,6-9,11-14H2,1-2H3,(H2,31,32,33)(H2,34,35,36)/t21-,22-. The molecule has 2 aliphatic rings. The molecule has 0 amide bonds. The molecule has 1 aliphatic heterocycles. The molecule has 2 fully saturated rings. The van der Waals surface area contributed by atoms with Crippen LogP contribution in [0.5, 0.6) is 0 Å². The van der Waals surface area contributed by atoms with Crippen LogP contribution in [0.15, 0.2) is 42.7 Å². The number of nitrogens with two attached hydrogens (primary N) is 1. The molecule has 40 heavy (non-hydrogen) atoms. The Morgan fingerprint density at radius 3 is 2.60 bits per heavy atom. The van der Waals surface area contributed by atoms with Crippen molar-refractivity contribution < 1.29 is 4.74 Å². The van der Waals surface area contributed by atoms with Crippen LogP contribution >= 0.6 is 0 Å². The molecule has 0 bridgehead atoms. The van der Waals surface area contributed by atoms with Gasteiger partial charge in [-0.25, -0.2) is 14.6 Å². The Morgan fingerprint density at radius 2 is 1.77 bits per heavy atom. The quantitative estimate of drug-likeness (QED) is 0.282. The molecule has 0 atom stereocenters. The maximum absolute atomic E-state index is 6.43. The van der Waals surface area contributed by atoms with Gasteiger partial charge >= 0.3 is 0 Å². The highest BCUT2D eigenvalue weighted by molar-refractivity contribution is 6.01. The molecule has 2 aromatic carbocycles. The minimum atomic E-state index is 0.284. The molecule has 4 N–H and O–H groups in total. The van der Waals surface area contributed by atoms with Crippen molar-refractivity contribution in [3.8, 4) is 11.3 Å². The molecule has 1 saturated carbocycles. The van der Waals surface area contributed by atoms with E-state index >= 15 is 0 Å². The molecular weight excluding hydrogens is 502 g/mol. The zero-order valence-corrected chi connectivity index (χ0v) is 23.0. The van der Waals surface area contributed by atoms with Gasteiger partial charge in [-0.2, -0.15) is 10.2 Å². The van der Waals surface area contributed by atoms with Gasteiger partial charge in [0.25, 0.3) is 0 Å².